The number of carbonyl (C=O) groups excluding carboxylic acids is 1. The number of aliphatic hydroxyl groups excluding tert-OH is 2. The first kappa shape index (κ1) is 16.7. The van der Waals surface area contributed by atoms with Crippen molar-refractivity contribution < 1.29 is 24.1 Å². The number of nitrogens with one attached hydrogen (secondary N) is 1. The molecular weight excluding hydrogens is 341 g/mol. The second kappa shape index (κ2) is 6.40. The van der Waals surface area contributed by atoms with Gasteiger partial charge in [-0.1, -0.05) is 6.07 Å². The first-order chi connectivity index (χ1) is 11.4. The highest BCUT2D eigenvalue weighted by molar-refractivity contribution is 7.12. The topological polar surface area (TPSA) is 114 Å². The van der Waals surface area contributed by atoms with Crippen molar-refractivity contribution >= 4 is 23.1 Å². The minimum absolute atomic E-state index is 0.340. The summed E-state index contributed by atoms with van der Waals surface area (Å²) in [6.07, 6.45) is -3.81. The van der Waals surface area contributed by atoms with Crippen LogP contribution in [0.3, 0.4) is 0 Å². The maximum atomic E-state index is 14.2. The molecule has 1 aliphatic rings. The summed E-state index contributed by atoms with van der Waals surface area (Å²) in [6, 6.07) is 3.21. The van der Waals surface area contributed by atoms with Crippen LogP contribution in [0.25, 0.3) is 0 Å². The van der Waals surface area contributed by atoms with Crippen molar-refractivity contribution in [2.75, 3.05) is 5.32 Å². The molecule has 0 aromatic carbocycles. The fourth-order valence-electron chi connectivity index (χ4n) is 2.35. The molecule has 0 saturated carbocycles. The molecule has 3 rings (SSSR count). The van der Waals surface area contributed by atoms with Gasteiger partial charge in [0.2, 0.25) is 0 Å². The number of hydrogen-bond donors (Lipinski definition) is 3. The summed E-state index contributed by atoms with van der Waals surface area (Å²) in [5.74, 6) is -2.07. The Bertz CT molecular complexity index is 809. The number of halogens is 1. The monoisotopic (exact) mass is 355 g/mol. The van der Waals surface area contributed by atoms with E-state index >= 15 is 0 Å². The molecule has 0 spiro atoms. The van der Waals surface area contributed by atoms with Crippen molar-refractivity contribution in [3.63, 3.8) is 0 Å². The number of aliphatic hydroxyl groups is 2. The molecule has 1 aliphatic heterocycles. The van der Waals surface area contributed by atoms with E-state index in [4.69, 9.17) is 4.74 Å². The minimum atomic E-state index is -1.40. The third-order valence-electron chi connectivity index (χ3n) is 3.64. The van der Waals surface area contributed by atoms with Crippen LogP contribution in [0, 0.1) is 5.82 Å². The molecule has 2 unspecified atom stereocenters. The number of anilines is 1. The van der Waals surface area contributed by atoms with Gasteiger partial charge in [0.05, 0.1) is 17.2 Å². The fraction of sp³-hybridized carbons (Fsp3) is 0.357. The number of ether oxygens (including phenoxy) is 1. The Hall–Kier alpha value is -2.14. The van der Waals surface area contributed by atoms with Crippen molar-refractivity contribution in [3.05, 3.63) is 44.9 Å². The predicted molar refractivity (Wildman–Crippen MR) is 82.3 cm³/mol. The molecule has 3 N–H and O–H groups in total. The highest BCUT2D eigenvalue weighted by Gasteiger charge is 2.42. The number of thiophene rings is 1. The summed E-state index contributed by atoms with van der Waals surface area (Å²) in [7, 11) is 0. The average molecular weight is 355 g/mol. The quantitative estimate of drug-likeness (QED) is 0.731. The lowest BCUT2D eigenvalue weighted by atomic mass is 10.1. The smallest absolute Gasteiger partial charge is 0.351 e. The van der Waals surface area contributed by atoms with Crippen LogP contribution in [0.2, 0.25) is 0 Å². The Morgan fingerprint density at radius 2 is 2.21 bits per heavy atom. The summed E-state index contributed by atoms with van der Waals surface area (Å²) in [4.78, 5) is 27.8. The highest BCUT2D eigenvalue weighted by Crippen LogP contribution is 2.28. The number of carbonyl (C=O) groups is 1. The predicted octanol–water partition coefficient (Wildman–Crippen LogP) is 0.335. The summed E-state index contributed by atoms with van der Waals surface area (Å²) in [6.45, 7) is 1.51. The molecule has 3 heterocycles. The maximum Gasteiger partial charge on any atom is 0.351 e. The molecule has 1 saturated heterocycles. The normalized spacial score (nSPS) is 26.5. The molecule has 0 aliphatic carbocycles. The van der Waals surface area contributed by atoms with Crippen molar-refractivity contribution in [2.45, 2.75) is 31.5 Å². The lowest BCUT2D eigenvalue weighted by molar-refractivity contribution is -0.0355. The van der Waals surface area contributed by atoms with Crippen LogP contribution in [0.1, 0.15) is 22.8 Å². The minimum Gasteiger partial charge on any atom is -0.388 e. The standard InChI is InChI=1S/C14H14FN3O5S/c1-6-9(19)10(20)13(23-6)18-5-7(15)11(17-14(18)22)16-12(21)8-3-2-4-24-8/h2-6,9-10,13,19-20H,1H3,(H,16,17,21,22)/t6-,9?,10?,13-/m1/s1. The molecule has 1 amide bonds. The van der Waals surface area contributed by atoms with E-state index < -0.39 is 47.8 Å². The van der Waals surface area contributed by atoms with Crippen LogP contribution in [0.5, 0.6) is 0 Å². The van der Waals surface area contributed by atoms with Crippen LogP contribution in [-0.2, 0) is 4.74 Å². The van der Waals surface area contributed by atoms with Gasteiger partial charge in [0.25, 0.3) is 5.91 Å². The van der Waals surface area contributed by atoms with E-state index in [9.17, 15) is 24.2 Å². The van der Waals surface area contributed by atoms with Gasteiger partial charge in [0.15, 0.2) is 17.9 Å². The lowest BCUT2D eigenvalue weighted by Gasteiger charge is -2.17. The first-order valence-electron chi connectivity index (χ1n) is 7.03. The number of aromatic nitrogens is 2. The van der Waals surface area contributed by atoms with Gasteiger partial charge in [0, 0.05) is 0 Å². The fourth-order valence-corrected chi connectivity index (χ4v) is 2.97. The molecule has 128 valence electrons. The van der Waals surface area contributed by atoms with Crippen molar-refractivity contribution in [1.29, 1.82) is 0 Å². The van der Waals surface area contributed by atoms with E-state index in [2.05, 4.69) is 10.3 Å². The zero-order chi connectivity index (χ0) is 17.4. The zero-order valence-corrected chi connectivity index (χ0v) is 13.2. The Morgan fingerprint density at radius 1 is 1.46 bits per heavy atom. The van der Waals surface area contributed by atoms with Crippen molar-refractivity contribution in [2.24, 2.45) is 0 Å². The van der Waals surface area contributed by atoms with Gasteiger partial charge in [-0.15, -0.1) is 11.3 Å². The van der Waals surface area contributed by atoms with E-state index in [1.807, 2.05) is 0 Å². The maximum absolute atomic E-state index is 14.2. The summed E-state index contributed by atoms with van der Waals surface area (Å²) in [5.41, 5.74) is -0.928. The molecule has 2 aromatic rings. The number of nitrogens with zero attached hydrogens (tertiary/aromatic N) is 2. The average Bonchev–Trinajstić information content (AvgIpc) is 3.16. The third kappa shape index (κ3) is 2.96. The SMILES string of the molecule is C[C@H]1O[C@@H](n2cc(F)c(NC(=O)c3cccs3)nc2=O)C(O)C1O. The van der Waals surface area contributed by atoms with Gasteiger partial charge in [-0.3, -0.25) is 9.36 Å². The Kier molecular flexibility index (Phi) is 4.45. The van der Waals surface area contributed by atoms with E-state index in [1.165, 1.54) is 6.92 Å². The highest BCUT2D eigenvalue weighted by atomic mass is 32.1. The van der Waals surface area contributed by atoms with Gasteiger partial charge in [0.1, 0.15) is 12.2 Å². The number of rotatable bonds is 3. The molecule has 0 radical (unpaired) electrons. The van der Waals surface area contributed by atoms with Crippen LogP contribution >= 0.6 is 11.3 Å². The summed E-state index contributed by atoms with van der Waals surface area (Å²) in [5, 5.41) is 23.5. The largest absolute Gasteiger partial charge is 0.388 e. The number of amides is 1. The summed E-state index contributed by atoms with van der Waals surface area (Å²) < 4.78 is 20.2. The van der Waals surface area contributed by atoms with Gasteiger partial charge in [-0.05, 0) is 18.4 Å². The zero-order valence-electron chi connectivity index (χ0n) is 12.4. The molecule has 0 bridgehead atoms. The molecular formula is C14H14FN3O5S. The van der Waals surface area contributed by atoms with E-state index in [1.54, 1.807) is 17.5 Å². The third-order valence-corrected chi connectivity index (χ3v) is 4.50. The van der Waals surface area contributed by atoms with Crippen LogP contribution in [-0.4, -0.2) is 44.0 Å². The van der Waals surface area contributed by atoms with Gasteiger partial charge < -0.3 is 20.3 Å². The first-order valence-corrected chi connectivity index (χ1v) is 7.91. The second-order valence-corrected chi connectivity index (χ2v) is 6.22. The molecule has 24 heavy (non-hydrogen) atoms. The van der Waals surface area contributed by atoms with Crippen molar-refractivity contribution in [1.82, 2.24) is 9.55 Å². The van der Waals surface area contributed by atoms with E-state index in [-0.39, 0.29) is 0 Å². The Morgan fingerprint density at radius 3 is 2.79 bits per heavy atom. The number of hydrogen-bond acceptors (Lipinski definition) is 7. The van der Waals surface area contributed by atoms with Gasteiger partial charge in [-0.25, -0.2) is 9.18 Å². The second-order valence-electron chi connectivity index (χ2n) is 5.27. The van der Waals surface area contributed by atoms with E-state index in [0.29, 0.717) is 4.88 Å². The summed E-state index contributed by atoms with van der Waals surface area (Å²) >= 11 is 1.16. The molecule has 10 heteroatoms. The van der Waals surface area contributed by atoms with Gasteiger partial charge in [-0.2, -0.15) is 4.98 Å². The van der Waals surface area contributed by atoms with E-state index in [0.717, 1.165) is 22.1 Å². The van der Waals surface area contributed by atoms with Crippen LogP contribution in [0.15, 0.2) is 28.5 Å². The Labute approximate surface area is 139 Å². The molecule has 1 fully saturated rings. The lowest BCUT2D eigenvalue weighted by Crippen LogP contribution is -2.36. The van der Waals surface area contributed by atoms with Crippen LogP contribution < -0.4 is 11.0 Å². The molecule has 2 aromatic heterocycles. The molecule has 4 atom stereocenters. The van der Waals surface area contributed by atoms with Crippen LogP contribution in [0.4, 0.5) is 10.2 Å². The molecule has 8 nitrogen and oxygen atoms in total. The van der Waals surface area contributed by atoms with Crippen molar-refractivity contribution in [3.8, 4) is 0 Å². The Balaban J connectivity index is 1.87. The van der Waals surface area contributed by atoms with Gasteiger partial charge >= 0.3 is 5.69 Å².